The zero-order chi connectivity index (χ0) is 20.1. The van der Waals surface area contributed by atoms with E-state index in [2.05, 4.69) is 42.7 Å². The highest BCUT2D eigenvalue weighted by atomic mass is 19.1. The van der Waals surface area contributed by atoms with Gasteiger partial charge in [-0.3, -0.25) is 9.78 Å². The Morgan fingerprint density at radius 2 is 2.14 bits per heavy atom. The molecular formula is C20H21FN7O+. The molecule has 1 saturated carbocycles. The fourth-order valence-corrected chi connectivity index (χ4v) is 4.40. The first kappa shape index (κ1) is 17.6. The van der Waals surface area contributed by atoms with Crippen LogP contribution in [0.1, 0.15) is 12.0 Å². The van der Waals surface area contributed by atoms with Gasteiger partial charge < -0.3 is 16.4 Å². The van der Waals surface area contributed by atoms with Gasteiger partial charge in [-0.2, -0.15) is 4.98 Å². The summed E-state index contributed by atoms with van der Waals surface area (Å²) in [4.78, 5) is 27.2. The highest BCUT2D eigenvalue weighted by molar-refractivity contribution is 5.84. The first-order chi connectivity index (χ1) is 14.0. The summed E-state index contributed by atoms with van der Waals surface area (Å²) in [5.74, 6) is 0.366. The number of halogens is 1. The van der Waals surface area contributed by atoms with Crippen molar-refractivity contribution >= 4 is 34.5 Å². The lowest BCUT2D eigenvalue weighted by Gasteiger charge is -2.26. The Morgan fingerprint density at radius 3 is 2.93 bits per heavy atom. The number of allylic oxidation sites excluding steroid dienone is 1. The van der Waals surface area contributed by atoms with Crippen molar-refractivity contribution in [3.8, 4) is 0 Å². The number of benzene rings is 1. The van der Waals surface area contributed by atoms with E-state index < -0.39 is 0 Å². The lowest BCUT2D eigenvalue weighted by Crippen LogP contribution is -2.41. The Labute approximate surface area is 165 Å². The highest BCUT2D eigenvalue weighted by Crippen LogP contribution is 2.45. The molecule has 1 amide bonds. The van der Waals surface area contributed by atoms with Gasteiger partial charge >= 0.3 is 11.6 Å². The van der Waals surface area contributed by atoms with E-state index in [9.17, 15) is 9.18 Å². The van der Waals surface area contributed by atoms with Gasteiger partial charge in [0.1, 0.15) is 5.82 Å². The number of imidazole rings is 1. The van der Waals surface area contributed by atoms with E-state index in [1.807, 2.05) is 0 Å². The Kier molecular flexibility index (Phi) is 3.97. The number of hydrogen-bond acceptors (Lipinski definition) is 5. The molecule has 0 saturated heterocycles. The minimum absolute atomic E-state index is 0.131. The number of carbonyl (C=O) groups excluding carboxylic acids is 1. The maximum Gasteiger partial charge on any atom is 0.307 e. The minimum atomic E-state index is -0.309. The predicted molar refractivity (Wildman–Crippen MR) is 106 cm³/mol. The number of rotatable bonds is 5. The topological polar surface area (TPSA) is 123 Å². The first-order valence-corrected chi connectivity index (χ1v) is 9.54. The van der Waals surface area contributed by atoms with Crippen LogP contribution in [0, 0.1) is 30.5 Å². The number of aryl methyl sites for hydroxylation is 1. The molecule has 0 radical (unpaired) electrons. The van der Waals surface area contributed by atoms with E-state index in [0.29, 0.717) is 34.2 Å². The van der Waals surface area contributed by atoms with Crippen molar-refractivity contribution in [1.82, 2.24) is 15.0 Å². The maximum atomic E-state index is 13.9. The van der Waals surface area contributed by atoms with Crippen molar-refractivity contribution < 1.29 is 14.2 Å². The molecule has 4 unspecified atom stereocenters. The maximum absolute atomic E-state index is 13.9. The summed E-state index contributed by atoms with van der Waals surface area (Å²) < 4.78 is 13.9. The summed E-state index contributed by atoms with van der Waals surface area (Å²) >= 11 is 0. The molecule has 2 heterocycles. The third-order valence-corrected chi connectivity index (χ3v) is 5.85. The molecule has 0 aliphatic heterocycles. The average Bonchev–Trinajstić information content (AvgIpc) is 3.40. The molecule has 0 spiro atoms. The molecule has 29 heavy (non-hydrogen) atoms. The predicted octanol–water partition coefficient (Wildman–Crippen LogP) is 2.05. The van der Waals surface area contributed by atoms with Gasteiger partial charge in [0.25, 0.3) is 0 Å². The minimum Gasteiger partial charge on any atom is -0.369 e. The second kappa shape index (κ2) is 6.54. The summed E-state index contributed by atoms with van der Waals surface area (Å²) in [5.41, 5.74) is 8.07. The molecule has 1 fully saturated rings. The Bertz CT molecular complexity index is 1140. The normalized spacial score (nSPS) is 24.9. The molecule has 3 aromatic rings. The molecule has 9 heteroatoms. The number of H-pyrrole nitrogens is 2. The molecule has 4 atom stereocenters. The van der Waals surface area contributed by atoms with E-state index in [0.717, 1.165) is 6.42 Å². The third-order valence-electron chi connectivity index (χ3n) is 5.85. The number of aromatic nitrogens is 4. The van der Waals surface area contributed by atoms with Crippen LogP contribution in [0.15, 0.2) is 36.7 Å². The SMILES string of the molecule is Cc1ccc(Nc2nc(NC3C4C=CC(C4)C3C(N)=O)c3[nH]c[nH+]c3n2)cc1F. The molecule has 2 aromatic heterocycles. The Balaban J connectivity index is 1.49. The Morgan fingerprint density at radius 1 is 1.31 bits per heavy atom. The van der Waals surface area contributed by atoms with Crippen LogP contribution >= 0.6 is 0 Å². The van der Waals surface area contributed by atoms with Gasteiger partial charge in [-0.05, 0) is 42.9 Å². The fourth-order valence-electron chi connectivity index (χ4n) is 4.40. The molecule has 148 valence electrons. The highest BCUT2D eigenvalue weighted by Gasteiger charge is 2.47. The van der Waals surface area contributed by atoms with E-state index in [4.69, 9.17) is 5.73 Å². The summed E-state index contributed by atoms with van der Waals surface area (Å²) in [6.45, 7) is 1.71. The van der Waals surface area contributed by atoms with Crippen LogP contribution in [-0.2, 0) is 4.79 Å². The largest absolute Gasteiger partial charge is 0.369 e. The van der Waals surface area contributed by atoms with E-state index >= 15 is 0 Å². The zero-order valence-corrected chi connectivity index (χ0v) is 15.7. The van der Waals surface area contributed by atoms with Crippen LogP contribution in [0.3, 0.4) is 0 Å². The van der Waals surface area contributed by atoms with Crippen LogP contribution in [0.25, 0.3) is 11.2 Å². The number of primary amides is 1. The van der Waals surface area contributed by atoms with Gasteiger partial charge in [0.05, 0.1) is 5.92 Å². The Hall–Kier alpha value is -3.49. The third kappa shape index (κ3) is 2.98. The zero-order valence-electron chi connectivity index (χ0n) is 15.7. The number of nitrogens with one attached hydrogen (secondary N) is 4. The van der Waals surface area contributed by atoms with Crippen molar-refractivity contribution in [2.75, 3.05) is 10.6 Å². The number of hydrogen-bond donors (Lipinski definition) is 4. The standard InChI is InChI=1S/C20H20FN7O/c1-9-2-5-12(7-13(9)21)25-20-27-18-16(23-8-24-18)19(28-20)26-15-11-4-3-10(6-11)14(15)17(22)29/h2-5,7-8,10-11,14-15H,6H2,1H3,(H2,22,29)(H3,23,24,25,26,27,28)/p+1. The van der Waals surface area contributed by atoms with Crippen LogP contribution < -0.4 is 21.4 Å². The average molecular weight is 394 g/mol. The quantitative estimate of drug-likeness (QED) is 0.493. The van der Waals surface area contributed by atoms with Crippen molar-refractivity contribution in [3.05, 3.63) is 48.1 Å². The number of aromatic amines is 2. The van der Waals surface area contributed by atoms with E-state index in [1.54, 1.807) is 25.4 Å². The van der Waals surface area contributed by atoms with Gasteiger partial charge in [0, 0.05) is 11.7 Å². The van der Waals surface area contributed by atoms with Gasteiger partial charge in [-0.15, -0.1) is 0 Å². The van der Waals surface area contributed by atoms with E-state index in [-0.39, 0.29) is 35.5 Å². The molecular weight excluding hydrogens is 373 g/mol. The molecule has 1 aromatic carbocycles. The van der Waals surface area contributed by atoms with Gasteiger partial charge in [-0.25, -0.2) is 9.37 Å². The number of amides is 1. The van der Waals surface area contributed by atoms with Crippen molar-refractivity contribution in [2.45, 2.75) is 19.4 Å². The second-order valence-corrected chi connectivity index (χ2v) is 7.69. The molecule has 6 N–H and O–H groups in total. The van der Waals surface area contributed by atoms with Gasteiger partial charge in [0.2, 0.25) is 11.4 Å². The smallest absolute Gasteiger partial charge is 0.307 e. The number of nitrogens with two attached hydrogens (primary N) is 1. The fraction of sp³-hybridized carbons (Fsp3) is 0.300. The summed E-state index contributed by atoms with van der Waals surface area (Å²) in [6.07, 6.45) is 6.78. The van der Waals surface area contributed by atoms with Crippen LogP contribution in [-0.4, -0.2) is 26.9 Å². The number of carbonyl (C=O) groups is 1. The number of anilines is 3. The van der Waals surface area contributed by atoms with Gasteiger partial charge in [-0.1, -0.05) is 23.2 Å². The number of nitrogens with zero attached hydrogens (tertiary/aromatic N) is 2. The van der Waals surface area contributed by atoms with Crippen molar-refractivity contribution in [1.29, 1.82) is 0 Å². The van der Waals surface area contributed by atoms with Gasteiger partial charge in [0.15, 0.2) is 12.1 Å². The summed E-state index contributed by atoms with van der Waals surface area (Å²) in [5, 5.41) is 6.46. The van der Waals surface area contributed by atoms with Crippen LogP contribution in [0.2, 0.25) is 0 Å². The number of fused-ring (bicyclic) bond motifs is 3. The van der Waals surface area contributed by atoms with Crippen molar-refractivity contribution in [2.24, 2.45) is 23.5 Å². The molecule has 2 aliphatic rings. The van der Waals surface area contributed by atoms with Crippen LogP contribution in [0.4, 0.5) is 21.8 Å². The molecule has 2 aliphatic carbocycles. The lowest BCUT2D eigenvalue weighted by atomic mass is 9.88. The van der Waals surface area contributed by atoms with E-state index in [1.165, 1.54) is 6.07 Å². The van der Waals surface area contributed by atoms with Crippen molar-refractivity contribution in [3.63, 3.8) is 0 Å². The molecule has 8 nitrogen and oxygen atoms in total. The molecule has 2 bridgehead atoms. The lowest BCUT2D eigenvalue weighted by molar-refractivity contribution is -0.347. The first-order valence-electron chi connectivity index (χ1n) is 9.54. The summed E-state index contributed by atoms with van der Waals surface area (Å²) in [6, 6.07) is 4.73. The summed E-state index contributed by atoms with van der Waals surface area (Å²) in [7, 11) is 0. The van der Waals surface area contributed by atoms with Crippen LogP contribution in [0.5, 0.6) is 0 Å². The molecule has 5 rings (SSSR count). The second-order valence-electron chi connectivity index (χ2n) is 7.69. The monoisotopic (exact) mass is 394 g/mol.